The van der Waals surface area contributed by atoms with E-state index < -0.39 is 0 Å². The molecule has 2 aliphatic heterocycles. The van der Waals surface area contributed by atoms with E-state index >= 15 is 0 Å². The van der Waals surface area contributed by atoms with Gasteiger partial charge in [-0.05, 0) is 48.9 Å². The number of cyclic esters (lactones) is 1. The summed E-state index contributed by atoms with van der Waals surface area (Å²) < 4.78 is 11.7. The van der Waals surface area contributed by atoms with Crippen LogP contribution >= 0.6 is 15.9 Å². The van der Waals surface area contributed by atoms with E-state index in [-0.39, 0.29) is 30.8 Å². The number of nitrogens with zero attached hydrogens (tertiary/aromatic N) is 1. The fourth-order valence-electron chi connectivity index (χ4n) is 3.59. The van der Waals surface area contributed by atoms with Gasteiger partial charge >= 0.3 is 5.97 Å². The molecule has 6 heteroatoms. The van der Waals surface area contributed by atoms with Gasteiger partial charge in [-0.1, -0.05) is 28.1 Å². The summed E-state index contributed by atoms with van der Waals surface area (Å²) >= 11 is 3.40. The number of hydrogen-bond acceptors (Lipinski definition) is 4. The molecule has 2 heterocycles. The Balaban J connectivity index is 1.74. The van der Waals surface area contributed by atoms with E-state index in [0.717, 1.165) is 21.5 Å². The lowest BCUT2D eigenvalue weighted by molar-refractivity contribution is -0.136. The van der Waals surface area contributed by atoms with Gasteiger partial charge in [0.1, 0.15) is 12.4 Å². The zero-order valence-electron chi connectivity index (χ0n) is 14.8. The highest BCUT2D eigenvalue weighted by Gasteiger charge is 2.42. The van der Waals surface area contributed by atoms with Gasteiger partial charge in [-0.25, -0.2) is 4.79 Å². The SMILES string of the molecule is CCOc1ccc(C2CC(=O)N(c3ccc(Br)cc3)C3=C2C(=O)OC3)cc1. The highest BCUT2D eigenvalue weighted by Crippen LogP contribution is 2.42. The molecule has 0 saturated carbocycles. The highest BCUT2D eigenvalue weighted by molar-refractivity contribution is 9.10. The Morgan fingerprint density at radius 3 is 2.48 bits per heavy atom. The number of amides is 1. The first-order valence-electron chi connectivity index (χ1n) is 8.80. The van der Waals surface area contributed by atoms with Crippen molar-refractivity contribution in [1.29, 1.82) is 0 Å². The predicted molar refractivity (Wildman–Crippen MR) is 105 cm³/mol. The standard InChI is InChI=1S/C21H18BrNO4/c1-2-26-16-9-3-13(4-10-16)17-11-19(24)23(15-7-5-14(22)6-8-15)18-12-27-21(25)20(17)18/h3-10,17H,2,11-12H2,1H3. The van der Waals surface area contributed by atoms with Crippen molar-refractivity contribution in [2.75, 3.05) is 18.1 Å². The third kappa shape index (κ3) is 3.25. The molecule has 5 nitrogen and oxygen atoms in total. The van der Waals surface area contributed by atoms with E-state index in [1.165, 1.54) is 0 Å². The van der Waals surface area contributed by atoms with Gasteiger partial charge in [0.2, 0.25) is 5.91 Å². The Morgan fingerprint density at radius 1 is 1.11 bits per heavy atom. The van der Waals surface area contributed by atoms with Gasteiger partial charge in [-0.3, -0.25) is 9.69 Å². The van der Waals surface area contributed by atoms with Gasteiger partial charge in [-0.15, -0.1) is 0 Å². The molecule has 0 N–H and O–H groups in total. The lowest BCUT2D eigenvalue weighted by atomic mass is 9.84. The normalized spacial score (nSPS) is 19.2. The number of halogens is 1. The van der Waals surface area contributed by atoms with Crippen molar-refractivity contribution in [2.45, 2.75) is 19.3 Å². The van der Waals surface area contributed by atoms with E-state index in [1.807, 2.05) is 55.5 Å². The van der Waals surface area contributed by atoms with Gasteiger partial charge in [-0.2, -0.15) is 0 Å². The van der Waals surface area contributed by atoms with Gasteiger partial charge in [0.25, 0.3) is 0 Å². The van der Waals surface area contributed by atoms with Crippen LogP contribution < -0.4 is 9.64 Å². The molecule has 1 unspecified atom stereocenters. The summed E-state index contributed by atoms with van der Waals surface area (Å²) in [5, 5.41) is 0. The van der Waals surface area contributed by atoms with Crippen molar-refractivity contribution in [2.24, 2.45) is 0 Å². The van der Waals surface area contributed by atoms with Crippen molar-refractivity contribution >= 4 is 33.5 Å². The van der Waals surface area contributed by atoms with Crippen molar-refractivity contribution < 1.29 is 19.1 Å². The quantitative estimate of drug-likeness (QED) is 0.686. The summed E-state index contributed by atoms with van der Waals surface area (Å²) in [5.41, 5.74) is 2.85. The van der Waals surface area contributed by atoms with Crippen LogP contribution in [0.3, 0.4) is 0 Å². The fourth-order valence-corrected chi connectivity index (χ4v) is 3.86. The van der Waals surface area contributed by atoms with Crippen molar-refractivity contribution in [3.05, 3.63) is 69.8 Å². The minimum atomic E-state index is -0.349. The van der Waals surface area contributed by atoms with Crippen molar-refractivity contribution in [3.8, 4) is 5.75 Å². The van der Waals surface area contributed by atoms with Crippen LogP contribution in [0, 0.1) is 0 Å². The Bertz CT molecular complexity index is 918. The van der Waals surface area contributed by atoms with Crippen LogP contribution in [0.15, 0.2) is 64.3 Å². The Kier molecular flexibility index (Phi) is 4.74. The zero-order valence-corrected chi connectivity index (χ0v) is 16.4. The molecule has 0 aliphatic carbocycles. The molecule has 4 rings (SSSR count). The molecule has 2 aromatic carbocycles. The number of rotatable bonds is 4. The topological polar surface area (TPSA) is 55.8 Å². The Labute approximate surface area is 165 Å². The number of carbonyl (C=O) groups excluding carboxylic acids is 2. The summed E-state index contributed by atoms with van der Waals surface area (Å²) in [7, 11) is 0. The van der Waals surface area contributed by atoms with Crippen LogP contribution in [-0.2, 0) is 14.3 Å². The molecular weight excluding hydrogens is 410 g/mol. The Hall–Kier alpha value is -2.60. The van der Waals surface area contributed by atoms with E-state index in [1.54, 1.807) is 4.90 Å². The predicted octanol–water partition coefficient (Wildman–Crippen LogP) is 4.18. The summed E-state index contributed by atoms with van der Waals surface area (Å²) in [6, 6.07) is 15.0. The second-order valence-electron chi connectivity index (χ2n) is 6.40. The first-order chi connectivity index (χ1) is 13.1. The maximum Gasteiger partial charge on any atom is 0.336 e. The third-order valence-corrected chi connectivity index (χ3v) is 5.32. The van der Waals surface area contributed by atoms with E-state index in [9.17, 15) is 9.59 Å². The van der Waals surface area contributed by atoms with Crippen molar-refractivity contribution in [3.63, 3.8) is 0 Å². The van der Waals surface area contributed by atoms with Crippen LogP contribution in [0.25, 0.3) is 0 Å². The largest absolute Gasteiger partial charge is 0.494 e. The maximum absolute atomic E-state index is 13.0. The Morgan fingerprint density at radius 2 is 1.81 bits per heavy atom. The average molecular weight is 428 g/mol. The molecule has 2 aliphatic rings. The zero-order chi connectivity index (χ0) is 19.0. The molecule has 0 fully saturated rings. The second-order valence-corrected chi connectivity index (χ2v) is 7.32. The summed E-state index contributed by atoms with van der Waals surface area (Å²) in [5.74, 6) is 0.0692. The molecule has 0 radical (unpaired) electrons. The summed E-state index contributed by atoms with van der Waals surface area (Å²) in [4.78, 5) is 27.0. The first kappa shape index (κ1) is 17.8. The maximum atomic E-state index is 13.0. The second kappa shape index (κ2) is 7.19. The van der Waals surface area contributed by atoms with Crippen LogP contribution in [0.5, 0.6) is 5.75 Å². The number of anilines is 1. The van der Waals surface area contributed by atoms with E-state index in [4.69, 9.17) is 9.47 Å². The molecule has 0 spiro atoms. The molecule has 2 aromatic rings. The average Bonchev–Trinajstić information content (AvgIpc) is 3.05. The lowest BCUT2D eigenvalue weighted by Crippen LogP contribution is -2.37. The van der Waals surface area contributed by atoms with Crippen LogP contribution in [0.2, 0.25) is 0 Å². The molecule has 1 atom stereocenters. The van der Waals surface area contributed by atoms with Gasteiger partial charge in [0, 0.05) is 22.5 Å². The van der Waals surface area contributed by atoms with E-state index in [2.05, 4.69) is 15.9 Å². The first-order valence-corrected chi connectivity index (χ1v) is 9.59. The van der Waals surface area contributed by atoms with Crippen LogP contribution in [0.4, 0.5) is 5.69 Å². The molecule has 27 heavy (non-hydrogen) atoms. The molecule has 0 aromatic heterocycles. The van der Waals surface area contributed by atoms with E-state index in [0.29, 0.717) is 17.9 Å². The summed E-state index contributed by atoms with van der Waals surface area (Å²) in [6.07, 6.45) is 0.220. The van der Waals surface area contributed by atoms with Gasteiger partial charge in [0.05, 0.1) is 17.9 Å². The number of carbonyl (C=O) groups is 2. The molecular formula is C21H18BrNO4. The lowest BCUT2D eigenvalue weighted by Gasteiger charge is -2.32. The minimum Gasteiger partial charge on any atom is -0.494 e. The van der Waals surface area contributed by atoms with Crippen LogP contribution in [-0.4, -0.2) is 25.1 Å². The fraction of sp³-hybridized carbons (Fsp3) is 0.238. The van der Waals surface area contributed by atoms with Crippen molar-refractivity contribution in [1.82, 2.24) is 0 Å². The molecule has 1 amide bonds. The monoisotopic (exact) mass is 427 g/mol. The molecule has 0 saturated heterocycles. The highest BCUT2D eigenvalue weighted by atomic mass is 79.9. The third-order valence-electron chi connectivity index (χ3n) is 4.80. The molecule has 0 bridgehead atoms. The van der Waals surface area contributed by atoms with Gasteiger partial charge in [0.15, 0.2) is 0 Å². The minimum absolute atomic E-state index is 0.0479. The number of ether oxygens (including phenoxy) is 2. The summed E-state index contributed by atoms with van der Waals surface area (Å²) in [6.45, 7) is 2.63. The smallest absolute Gasteiger partial charge is 0.336 e. The van der Waals surface area contributed by atoms with Gasteiger partial charge < -0.3 is 9.47 Å². The van der Waals surface area contributed by atoms with Crippen LogP contribution in [0.1, 0.15) is 24.8 Å². The number of esters is 1. The number of benzene rings is 2. The number of hydrogen-bond donors (Lipinski definition) is 0. The molecule has 138 valence electrons.